The molecular weight excluding hydrogens is 354 g/mol. The molecule has 0 atom stereocenters. The second-order valence-electron chi connectivity index (χ2n) is 5.63. The third-order valence-corrected chi connectivity index (χ3v) is 7.42. The predicted octanol–water partition coefficient (Wildman–Crippen LogP) is 3.43. The fourth-order valence-corrected chi connectivity index (χ4v) is 5.62. The maximum absolute atomic E-state index is 12.9. The lowest BCUT2D eigenvalue weighted by Gasteiger charge is -2.18. The maximum Gasteiger partial charge on any atom is 0.273 e. The third kappa shape index (κ3) is 2.60. The van der Waals surface area contributed by atoms with Crippen molar-refractivity contribution in [3.8, 4) is 17.2 Å². The highest BCUT2D eigenvalue weighted by atomic mass is 32.2. The molecule has 1 aromatic carbocycles. The minimum atomic E-state index is -3.55. The summed E-state index contributed by atoms with van der Waals surface area (Å²) in [6.07, 6.45) is 4.00. The highest BCUT2D eigenvalue weighted by molar-refractivity contribution is 7.94. The van der Waals surface area contributed by atoms with Crippen LogP contribution in [0.4, 0.5) is 5.69 Å². The number of pyridine rings is 1. The molecule has 4 rings (SSSR count). The van der Waals surface area contributed by atoms with Gasteiger partial charge in [-0.05, 0) is 41.1 Å². The van der Waals surface area contributed by atoms with Crippen molar-refractivity contribution in [2.45, 2.75) is 10.6 Å². The Morgan fingerprint density at radius 1 is 1.16 bits per heavy atom. The summed E-state index contributed by atoms with van der Waals surface area (Å²) in [5.41, 5.74) is 4.03. The molecule has 2 aromatic heterocycles. The molecule has 0 saturated heterocycles. The van der Waals surface area contributed by atoms with Crippen molar-refractivity contribution < 1.29 is 8.42 Å². The van der Waals surface area contributed by atoms with E-state index >= 15 is 0 Å². The number of thiophene rings is 1. The molecule has 0 saturated carbocycles. The van der Waals surface area contributed by atoms with Crippen molar-refractivity contribution in [1.82, 2.24) is 4.98 Å². The molecule has 1 aliphatic heterocycles. The van der Waals surface area contributed by atoms with E-state index in [-0.39, 0.29) is 0 Å². The average molecular weight is 367 g/mol. The number of nitrogens with zero attached hydrogens (tertiary/aromatic N) is 3. The largest absolute Gasteiger partial charge is 0.273 e. The number of hydrogen-bond acceptors (Lipinski definition) is 5. The minimum Gasteiger partial charge on any atom is -0.263 e. The zero-order chi connectivity index (χ0) is 17.4. The zero-order valence-corrected chi connectivity index (χ0v) is 14.7. The van der Waals surface area contributed by atoms with Crippen molar-refractivity contribution in [3.05, 3.63) is 65.3 Å². The second kappa shape index (κ2) is 5.99. The summed E-state index contributed by atoms with van der Waals surface area (Å²) in [6, 6.07) is 12.7. The molecule has 7 heteroatoms. The Balaban J connectivity index is 1.79. The second-order valence-corrected chi connectivity index (χ2v) is 8.67. The van der Waals surface area contributed by atoms with Gasteiger partial charge in [-0.25, -0.2) is 8.42 Å². The normalized spacial score (nSPS) is 13.5. The molecule has 0 fully saturated rings. The summed E-state index contributed by atoms with van der Waals surface area (Å²) in [5, 5.41) is 10.7. The lowest BCUT2D eigenvalue weighted by atomic mass is 9.99. The Bertz CT molecular complexity index is 1070. The molecule has 0 radical (unpaired) electrons. The molecule has 124 valence electrons. The van der Waals surface area contributed by atoms with Gasteiger partial charge < -0.3 is 0 Å². The van der Waals surface area contributed by atoms with Crippen LogP contribution in [0.25, 0.3) is 11.1 Å². The van der Waals surface area contributed by atoms with Gasteiger partial charge in [0.1, 0.15) is 4.21 Å². The summed E-state index contributed by atoms with van der Waals surface area (Å²) < 4.78 is 27.5. The molecule has 25 heavy (non-hydrogen) atoms. The molecule has 0 bridgehead atoms. The molecule has 3 aromatic rings. The molecule has 0 aliphatic carbocycles. The standard InChI is InChI=1S/C18H13N3O2S2/c19-10-13-3-5-14(6-4-13)16-11-20-12-17-15(16)7-8-21(17)25(22,23)18-2-1-9-24-18/h1-6,9,11-12H,7-8H2. The first-order valence-electron chi connectivity index (χ1n) is 7.65. The lowest BCUT2D eigenvalue weighted by Crippen LogP contribution is -2.28. The maximum atomic E-state index is 12.9. The highest BCUT2D eigenvalue weighted by Crippen LogP contribution is 2.38. The summed E-state index contributed by atoms with van der Waals surface area (Å²) >= 11 is 1.22. The van der Waals surface area contributed by atoms with E-state index < -0.39 is 10.0 Å². The average Bonchev–Trinajstić information content (AvgIpc) is 3.31. The van der Waals surface area contributed by atoms with E-state index in [2.05, 4.69) is 11.1 Å². The molecule has 3 heterocycles. The van der Waals surface area contributed by atoms with Crippen LogP contribution in [0.3, 0.4) is 0 Å². The smallest absolute Gasteiger partial charge is 0.263 e. The molecule has 0 amide bonds. The Morgan fingerprint density at radius 2 is 1.96 bits per heavy atom. The van der Waals surface area contributed by atoms with Gasteiger partial charge >= 0.3 is 0 Å². The number of rotatable bonds is 3. The van der Waals surface area contributed by atoms with Crippen molar-refractivity contribution in [1.29, 1.82) is 5.26 Å². The van der Waals surface area contributed by atoms with Crippen LogP contribution in [0.1, 0.15) is 11.1 Å². The van der Waals surface area contributed by atoms with Gasteiger partial charge in [0.25, 0.3) is 10.0 Å². The van der Waals surface area contributed by atoms with Crippen LogP contribution in [0.2, 0.25) is 0 Å². The monoisotopic (exact) mass is 367 g/mol. The van der Waals surface area contributed by atoms with Gasteiger partial charge in [0.2, 0.25) is 0 Å². The van der Waals surface area contributed by atoms with Crippen LogP contribution in [0.5, 0.6) is 0 Å². The van der Waals surface area contributed by atoms with Crippen LogP contribution < -0.4 is 4.31 Å². The zero-order valence-electron chi connectivity index (χ0n) is 13.1. The van der Waals surface area contributed by atoms with Crippen LogP contribution in [-0.4, -0.2) is 19.9 Å². The SMILES string of the molecule is N#Cc1ccc(-c2cncc3c2CCN3S(=O)(=O)c2cccs2)cc1. The van der Waals surface area contributed by atoms with Crippen LogP contribution in [0, 0.1) is 11.3 Å². The summed E-state index contributed by atoms with van der Waals surface area (Å²) in [7, 11) is -3.55. The van der Waals surface area contributed by atoms with Gasteiger partial charge in [-0.2, -0.15) is 5.26 Å². The number of fused-ring (bicyclic) bond motifs is 1. The van der Waals surface area contributed by atoms with Crippen LogP contribution in [-0.2, 0) is 16.4 Å². The van der Waals surface area contributed by atoms with E-state index in [1.54, 1.807) is 42.0 Å². The Morgan fingerprint density at radius 3 is 2.64 bits per heavy atom. The fraction of sp³-hybridized carbons (Fsp3) is 0.111. The molecule has 1 aliphatic rings. The molecule has 0 unspecified atom stereocenters. The Labute approximate surface area is 149 Å². The first kappa shape index (κ1) is 15.8. The minimum absolute atomic E-state index is 0.337. The van der Waals surface area contributed by atoms with Gasteiger partial charge in [0, 0.05) is 18.3 Å². The van der Waals surface area contributed by atoms with Crippen LogP contribution >= 0.6 is 11.3 Å². The quantitative estimate of drug-likeness (QED) is 0.711. The number of hydrogen-bond donors (Lipinski definition) is 0. The summed E-state index contributed by atoms with van der Waals surface area (Å²) in [4.78, 5) is 4.25. The third-order valence-electron chi connectivity index (χ3n) is 4.23. The first-order valence-corrected chi connectivity index (χ1v) is 9.97. The van der Waals surface area contributed by atoms with E-state index in [4.69, 9.17) is 5.26 Å². The van der Waals surface area contributed by atoms with E-state index in [0.29, 0.717) is 28.4 Å². The molecule has 0 spiro atoms. The van der Waals surface area contributed by atoms with E-state index in [1.807, 2.05) is 12.1 Å². The summed E-state index contributed by atoms with van der Waals surface area (Å²) in [5.74, 6) is 0. The van der Waals surface area contributed by atoms with Gasteiger partial charge in [0.15, 0.2) is 0 Å². The number of aromatic nitrogens is 1. The van der Waals surface area contributed by atoms with Crippen molar-refractivity contribution in [3.63, 3.8) is 0 Å². The van der Waals surface area contributed by atoms with Gasteiger partial charge in [-0.1, -0.05) is 18.2 Å². The fourth-order valence-electron chi connectivity index (χ4n) is 3.03. The number of sulfonamides is 1. The summed E-state index contributed by atoms with van der Waals surface area (Å²) in [6.45, 7) is 0.407. The lowest BCUT2D eigenvalue weighted by molar-refractivity contribution is 0.594. The van der Waals surface area contributed by atoms with E-state index in [9.17, 15) is 8.42 Å². The predicted molar refractivity (Wildman–Crippen MR) is 96.9 cm³/mol. The van der Waals surface area contributed by atoms with Crippen molar-refractivity contribution >= 4 is 27.0 Å². The van der Waals surface area contributed by atoms with Crippen LogP contribution in [0.15, 0.2) is 58.4 Å². The molecule has 5 nitrogen and oxygen atoms in total. The topological polar surface area (TPSA) is 74.1 Å². The van der Waals surface area contributed by atoms with Gasteiger partial charge in [-0.15, -0.1) is 11.3 Å². The van der Waals surface area contributed by atoms with Crippen molar-refractivity contribution in [2.24, 2.45) is 0 Å². The first-order chi connectivity index (χ1) is 12.1. The van der Waals surface area contributed by atoms with E-state index in [1.165, 1.54) is 15.6 Å². The van der Waals surface area contributed by atoms with E-state index in [0.717, 1.165) is 16.7 Å². The van der Waals surface area contributed by atoms with Gasteiger partial charge in [-0.3, -0.25) is 9.29 Å². The van der Waals surface area contributed by atoms with Crippen molar-refractivity contribution in [2.75, 3.05) is 10.8 Å². The Hall–Kier alpha value is -2.69. The number of anilines is 1. The molecular formula is C18H13N3O2S2. The highest BCUT2D eigenvalue weighted by Gasteiger charge is 2.33. The number of nitriles is 1. The Kier molecular flexibility index (Phi) is 3.79. The molecule has 0 N–H and O–H groups in total. The number of benzene rings is 1. The van der Waals surface area contributed by atoms with Gasteiger partial charge in [0.05, 0.1) is 23.5 Å².